The number of nitrogens with two attached hydrogens (primary N) is 1. The van der Waals surface area contributed by atoms with Gasteiger partial charge in [0.25, 0.3) is 0 Å². The fraction of sp³-hybridized carbons (Fsp3) is 0.385. The van der Waals surface area contributed by atoms with Crippen LogP contribution >= 0.6 is 12.2 Å². The van der Waals surface area contributed by atoms with Gasteiger partial charge >= 0.3 is 5.97 Å². The fourth-order valence-electron chi connectivity index (χ4n) is 1.72. The molecule has 0 unspecified atom stereocenters. The largest absolute Gasteiger partial charge is 0.469 e. The van der Waals surface area contributed by atoms with Gasteiger partial charge in [0, 0.05) is 19.2 Å². The zero-order valence-corrected chi connectivity index (χ0v) is 13.8. The number of esters is 1. The van der Waals surface area contributed by atoms with Crippen LogP contribution in [0, 0.1) is 6.92 Å². The number of sulfonamides is 1. The Morgan fingerprint density at radius 1 is 1.43 bits per heavy atom. The van der Waals surface area contributed by atoms with Crippen LogP contribution in [-0.4, -0.2) is 44.4 Å². The van der Waals surface area contributed by atoms with Crippen molar-refractivity contribution in [1.29, 1.82) is 0 Å². The number of carbonyl (C=O) groups excluding carboxylic acids is 1. The summed E-state index contributed by atoms with van der Waals surface area (Å²) in [6.45, 7) is 1.78. The molecule has 0 saturated carbocycles. The van der Waals surface area contributed by atoms with Crippen molar-refractivity contribution >= 4 is 33.2 Å². The first-order valence-electron chi connectivity index (χ1n) is 6.13. The van der Waals surface area contributed by atoms with Crippen LogP contribution in [0.5, 0.6) is 0 Å². The lowest BCUT2D eigenvalue weighted by Crippen LogP contribution is -2.29. The molecule has 0 fully saturated rings. The van der Waals surface area contributed by atoms with Crippen LogP contribution in [0.15, 0.2) is 23.1 Å². The van der Waals surface area contributed by atoms with Gasteiger partial charge in [-0.25, -0.2) is 12.7 Å². The Kier molecular flexibility index (Phi) is 5.82. The van der Waals surface area contributed by atoms with Crippen molar-refractivity contribution in [1.82, 2.24) is 4.31 Å². The van der Waals surface area contributed by atoms with Gasteiger partial charge < -0.3 is 10.5 Å². The Bertz CT molecular complexity index is 656. The van der Waals surface area contributed by atoms with E-state index in [1.807, 2.05) is 0 Å². The van der Waals surface area contributed by atoms with E-state index in [1.54, 1.807) is 13.0 Å². The number of hydrogen-bond donors (Lipinski definition) is 1. The molecule has 0 radical (unpaired) electrons. The summed E-state index contributed by atoms with van der Waals surface area (Å²) in [5, 5.41) is 0. The Balaban J connectivity index is 3.00. The van der Waals surface area contributed by atoms with Gasteiger partial charge in [-0.15, -0.1) is 0 Å². The van der Waals surface area contributed by atoms with Gasteiger partial charge in [-0.1, -0.05) is 18.3 Å². The number of ether oxygens (including phenoxy) is 1. The monoisotopic (exact) mass is 330 g/mol. The summed E-state index contributed by atoms with van der Waals surface area (Å²) >= 11 is 4.89. The van der Waals surface area contributed by atoms with Gasteiger partial charge in [-0.2, -0.15) is 0 Å². The van der Waals surface area contributed by atoms with Crippen LogP contribution < -0.4 is 5.73 Å². The molecular formula is C13H18N2O4S2. The van der Waals surface area contributed by atoms with Crippen molar-refractivity contribution in [2.24, 2.45) is 5.73 Å². The maximum atomic E-state index is 12.4. The van der Waals surface area contributed by atoms with E-state index < -0.39 is 16.0 Å². The summed E-state index contributed by atoms with van der Waals surface area (Å²) in [7, 11) is -0.996. The lowest BCUT2D eigenvalue weighted by atomic mass is 10.1. The molecule has 0 heterocycles. The van der Waals surface area contributed by atoms with E-state index in [1.165, 1.54) is 26.3 Å². The first kappa shape index (κ1) is 17.5. The van der Waals surface area contributed by atoms with Gasteiger partial charge in [0.1, 0.15) is 4.99 Å². The molecule has 0 aromatic heterocycles. The minimum atomic E-state index is -3.67. The molecule has 21 heavy (non-hydrogen) atoms. The Labute approximate surface area is 129 Å². The SMILES string of the molecule is COC(=O)CCN(C)S(=O)(=O)c1ccc(C(N)=S)c(C)c1. The Hall–Kier alpha value is -1.51. The van der Waals surface area contributed by atoms with Crippen molar-refractivity contribution in [3.05, 3.63) is 29.3 Å². The van der Waals surface area contributed by atoms with E-state index in [2.05, 4.69) is 4.74 Å². The van der Waals surface area contributed by atoms with E-state index in [4.69, 9.17) is 18.0 Å². The first-order chi connectivity index (χ1) is 9.70. The molecule has 1 aromatic carbocycles. The molecule has 0 aliphatic carbocycles. The number of aryl methyl sites for hydroxylation is 1. The predicted octanol–water partition coefficient (Wildman–Crippen LogP) is 0.813. The molecule has 0 aliphatic heterocycles. The molecule has 0 bridgehead atoms. The molecule has 0 amide bonds. The third-order valence-corrected chi connectivity index (χ3v) is 5.10. The van der Waals surface area contributed by atoms with Gasteiger partial charge in [0.15, 0.2) is 0 Å². The molecule has 6 nitrogen and oxygen atoms in total. The molecular weight excluding hydrogens is 312 g/mol. The van der Waals surface area contributed by atoms with Gasteiger partial charge in [0.05, 0.1) is 18.4 Å². The van der Waals surface area contributed by atoms with E-state index in [-0.39, 0.29) is 22.8 Å². The molecule has 0 atom stereocenters. The number of methoxy groups -OCH3 is 1. The van der Waals surface area contributed by atoms with Crippen molar-refractivity contribution < 1.29 is 17.9 Å². The van der Waals surface area contributed by atoms with Crippen LogP contribution in [0.2, 0.25) is 0 Å². The average molecular weight is 330 g/mol. The highest BCUT2D eigenvalue weighted by molar-refractivity contribution is 7.89. The van der Waals surface area contributed by atoms with Gasteiger partial charge in [0.2, 0.25) is 10.0 Å². The van der Waals surface area contributed by atoms with Gasteiger partial charge in [-0.05, 0) is 24.6 Å². The lowest BCUT2D eigenvalue weighted by molar-refractivity contribution is -0.140. The smallest absolute Gasteiger partial charge is 0.306 e. The van der Waals surface area contributed by atoms with Crippen LogP contribution in [0.25, 0.3) is 0 Å². The fourth-order valence-corrected chi connectivity index (χ4v) is 3.21. The second kappa shape index (κ2) is 6.97. The molecule has 2 N–H and O–H groups in total. The van der Waals surface area contributed by atoms with Gasteiger partial charge in [-0.3, -0.25) is 4.79 Å². The number of thiocarbonyl (C=S) groups is 1. The summed E-state index contributed by atoms with van der Waals surface area (Å²) < 4.78 is 30.4. The summed E-state index contributed by atoms with van der Waals surface area (Å²) in [4.78, 5) is 11.4. The molecule has 1 rings (SSSR count). The Morgan fingerprint density at radius 3 is 2.52 bits per heavy atom. The summed E-state index contributed by atoms with van der Waals surface area (Å²) in [6.07, 6.45) is -0.00379. The first-order valence-corrected chi connectivity index (χ1v) is 7.98. The molecule has 1 aromatic rings. The number of benzene rings is 1. The number of nitrogens with zero attached hydrogens (tertiary/aromatic N) is 1. The van der Waals surface area contributed by atoms with Crippen molar-refractivity contribution in [2.45, 2.75) is 18.2 Å². The molecule has 116 valence electrons. The highest BCUT2D eigenvalue weighted by Gasteiger charge is 2.22. The summed E-state index contributed by atoms with van der Waals surface area (Å²) in [5.74, 6) is -0.461. The predicted molar refractivity (Wildman–Crippen MR) is 83.5 cm³/mol. The second-order valence-corrected chi connectivity index (χ2v) is 6.98. The number of hydrogen-bond acceptors (Lipinski definition) is 5. The average Bonchev–Trinajstić information content (AvgIpc) is 2.43. The van der Waals surface area contributed by atoms with E-state index in [0.717, 1.165) is 4.31 Å². The third-order valence-electron chi connectivity index (χ3n) is 3.03. The lowest BCUT2D eigenvalue weighted by Gasteiger charge is -2.17. The topological polar surface area (TPSA) is 89.7 Å². The summed E-state index contributed by atoms with van der Waals surface area (Å²) in [5.41, 5.74) is 6.88. The maximum absolute atomic E-state index is 12.4. The van der Waals surface area contributed by atoms with Crippen molar-refractivity contribution in [3.8, 4) is 0 Å². The minimum absolute atomic E-state index is 0.00379. The zero-order valence-electron chi connectivity index (χ0n) is 12.1. The number of rotatable bonds is 6. The van der Waals surface area contributed by atoms with Crippen molar-refractivity contribution in [3.63, 3.8) is 0 Å². The quantitative estimate of drug-likeness (QED) is 0.613. The Morgan fingerprint density at radius 2 is 2.05 bits per heavy atom. The summed E-state index contributed by atoms with van der Waals surface area (Å²) in [6, 6.07) is 4.54. The van der Waals surface area contributed by atoms with Crippen LogP contribution in [-0.2, 0) is 19.6 Å². The van der Waals surface area contributed by atoms with E-state index >= 15 is 0 Å². The maximum Gasteiger partial charge on any atom is 0.306 e. The van der Waals surface area contributed by atoms with Crippen LogP contribution in [0.1, 0.15) is 17.5 Å². The van der Waals surface area contributed by atoms with E-state index in [9.17, 15) is 13.2 Å². The van der Waals surface area contributed by atoms with Crippen molar-refractivity contribution in [2.75, 3.05) is 20.7 Å². The normalized spacial score (nSPS) is 11.4. The molecule has 0 saturated heterocycles. The second-order valence-electron chi connectivity index (χ2n) is 4.49. The van der Waals surface area contributed by atoms with Crippen LogP contribution in [0.3, 0.4) is 0 Å². The highest BCUT2D eigenvalue weighted by Crippen LogP contribution is 2.19. The van der Waals surface area contributed by atoms with Crippen LogP contribution in [0.4, 0.5) is 0 Å². The minimum Gasteiger partial charge on any atom is -0.469 e. The van der Waals surface area contributed by atoms with E-state index in [0.29, 0.717) is 11.1 Å². The molecule has 8 heteroatoms. The molecule has 0 aliphatic rings. The molecule has 0 spiro atoms. The third kappa shape index (κ3) is 4.23. The zero-order chi connectivity index (χ0) is 16.2. The number of carbonyl (C=O) groups is 1. The standard InChI is InChI=1S/C13H18N2O4S2/c1-9-8-10(4-5-11(9)13(14)20)21(17,18)15(2)7-6-12(16)19-3/h4-5,8H,6-7H2,1-3H3,(H2,14,20). The highest BCUT2D eigenvalue weighted by atomic mass is 32.2.